The van der Waals surface area contributed by atoms with Crippen molar-refractivity contribution in [2.24, 2.45) is 4.99 Å². The van der Waals surface area contributed by atoms with Gasteiger partial charge in [0.05, 0.1) is 45.6 Å². The highest BCUT2D eigenvalue weighted by atomic mass is 79.9. The van der Waals surface area contributed by atoms with Gasteiger partial charge in [-0.2, -0.15) is 0 Å². The summed E-state index contributed by atoms with van der Waals surface area (Å²) in [4.78, 5) is 44.3. The lowest BCUT2D eigenvalue weighted by molar-refractivity contribution is -0.138. The Labute approximate surface area is 287 Å². The molecule has 6 rings (SSSR count). The minimum atomic E-state index is -0.986. The Balaban J connectivity index is 1.41. The minimum Gasteiger partial charge on any atom is -0.497 e. The fraction of sp³-hybridized carbons (Fsp3) is 0.135. The molecule has 9 nitrogen and oxygen atoms in total. The number of nitrogens with zero attached hydrogens (tertiary/aromatic N) is 2. The molecule has 242 valence electrons. The van der Waals surface area contributed by atoms with Gasteiger partial charge in [-0.1, -0.05) is 72.0 Å². The summed E-state index contributed by atoms with van der Waals surface area (Å²) in [6.45, 7) is 2.15. The topological polar surface area (TPSA) is 116 Å². The average molecular weight is 726 g/mol. The van der Waals surface area contributed by atoms with E-state index in [1.54, 1.807) is 55.0 Å². The van der Waals surface area contributed by atoms with Gasteiger partial charge < -0.3 is 19.3 Å². The molecule has 4 aromatic carbocycles. The molecule has 0 saturated carbocycles. The first-order valence-electron chi connectivity index (χ1n) is 14.9. The van der Waals surface area contributed by atoms with Crippen molar-refractivity contribution in [1.29, 1.82) is 0 Å². The molecule has 1 atom stereocenters. The van der Waals surface area contributed by atoms with E-state index in [1.807, 2.05) is 54.6 Å². The number of carboxylic acids is 1. The van der Waals surface area contributed by atoms with Crippen LogP contribution in [0.5, 0.6) is 11.5 Å². The van der Waals surface area contributed by atoms with Crippen molar-refractivity contribution in [3.63, 3.8) is 0 Å². The first-order chi connectivity index (χ1) is 23.3. The van der Waals surface area contributed by atoms with Gasteiger partial charge in [0.25, 0.3) is 5.56 Å². The molecule has 1 aromatic heterocycles. The van der Waals surface area contributed by atoms with Crippen molar-refractivity contribution in [2.75, 3.05) is 13.7 Å². The SMILES string of the molecule is CCOC(=O)C1=C(c2ccccc2)N=c2s/c(=C/c3ccc(OCc4ccc(C(=O)O)cc4)c(Br)c3)c(=O)n2[C@@H]1c1ccc(OC)cc1. The van der Waals surface area contributed by atoms with Crippen molar-refractivity contribution in [1.82, 2.24) is 4.57 Å². The maximum Gasteiger partial charge on any atom is 0.338 e. The molecule has 0 aliphatic carbocycles. The number of hydrogen-bond donors (Lipinski definition) is 1. The Kier molecular flexibility index (Phi) is 9.70. The summed E-state index contributed by atoms with van der Waals surface area (Å²) >= 11 is 4.81. The van der Waals surface area contributed by atoms with E-state index in [1.165, 1.54) is 23.5 Å². The number of halogens is 1. The molecule has 0 saturated heterocycles. The summed E-state index contributed by atoms with van der Waals surface area (Å²) in [5.41, 5.74) is 3.64. The van der Waals surface area contributed by atoms with Gasteiger partial charge in [0.15, 0.2) is 4.80 Å². The monoisotopic (exact) mass is 724 g/mol. The largest absolute Gasteiger partial charge is 0.497 e. The highest BCUT2D eigenvalue weighted by Crippen LogP contribution is 2.36. The minimum absolute atomic E-state index is 0.162. The molecule has 1 aliphatic heterocycles. The lowest BCUT2D eigenvalue weighted by Gasteiger charge is -2.26. The number of carboxylic acid groups (broad SMARTS) is 1. The van der Waals surface area contributed by atoms with E-state index < -0.39 is 18.0 Å². The van der Waals surface area contributed by atoms with Crippen LogP contribution >= 0.6 is 27.3 Å². The Hall–Kier alpha value is -5.26. The van der Waals surface area contributed by atoms with Crippen LogP contribution in [0.1, 0.15) is 45.6 Å². The van der Waals surface area contributed by atoms with Crippen LogP contribution in [0.4, 0.5) is 0 Å². The number of hydrogen-bond acceptors (Lipinski definition) is 8. The van der Waals surface area contributed by atoms with Gasteiger partial charge in [-0.3, -0.25) is 9.36 Å². The molecule has 48 heavy (non-hydrogen) atoms. The number of carbonyl (C=O) groups excluding carboxylic acids is 1. The van der Waals surface area contributed by atoms with E-state index in [9.17, 15) is 14.4 Å². The predicted octanol–water partition coefficient (Wildman–Crippen LogP) is 5.98. The van der Waals surface area contributed by atoms with Gasteiger partial charge in [-0.05, 0) is 82.0 Å². The van der Waals surface area contributed by atoms with Crippen LogP contribution in [-0.4, -0.2) is 35.3 Å². The second-order valence-electron chi connectivity index (χ2n) is 10.7. The number of thiazole rings is 1. The molecule has 11 heteroatoms. The summed E-state index contributed by atoms with van der Waals surface area (Å²) in [6.07, 6.45) is 1.78. The zero-order chi connectivity index (χ0) is 33.8. The van der Waals surface area contributed by atoms with Crippen LogP contribution in [0, 0.1) is 0 Å². The lowest BCUT2D eigenvalue weighted by Crippen LogP contribution is -2.40. The van der Waals surface area contributed by atoms with E-state index >= 15 is 0 Å². The normalized spacial score (nSPS) is 14.2. The molecule has 0 amide bonds. The summed E-state index contributed by atoms with van der Waals surface area (Å²) in [5, 5.41) is 9.12. The number of benzene rings is 4. The van der Waals surface area contributed by atoms with Gasteiger partial charge in [0.2, 0.25) is 0 Å². The van der Waals surface area contributed by atoms with Crippen molar-refractivity contribution >= 4 is 51.0 Å². The second kappa shape index (κ2) is 14.2. The van der Waals surface area contributed by atoms with Crippen molar-refractivity contribution in [3.8, 4) is 11.5 Å². The standard InChI is InChI=1S/C37H29BrN2O7S/c1-3-46-36(44)31-32(24-7-5-4-6-8-24)39-37-40(33(31)25-14-16-27(45-2)17-15-25)34(41)30(48-37)20-23-11-18-29(28(38)19-23)47-21-22-9-12-26(13-10-22)35(42)43/h4-20,33H,3,21H2,1-2H3,(H,42,43)/b30-20+/t33-/m1/s1. The predicted molar refractivity (Wildman–Crippen MR) is 186 cm³/mol. The molecular weight excluding hydrogens is 696 g/mol. The molecule has 1 aliphatic rings. The molecule has 0 fully saturated rings. The fourth-order valence-electron chi connectivity index (χ4n) is 5.32. The van der Waals surface area contributed by atoms with Gasteiger partial charge in [0, 0.05) is 5.56 Å². The van der Waals surface area contributed by atoms with E-state index in [2.05, 4.69) is 15.9 Å². The summed E-state index contributed by atoms with van der Waals surface area (Å²) in [5.74, 6) is -0.305. The Morgan fingerprint density at radius 2 is 1.73 bits per heavy atom. The van der Waals surface area contributed by atoms with E-state index in [-0.39, 0.29) is 29.9 Å². The zero-order valence-electron chi connectivity index (χ0n) is 25.9. The second-order valence-corrected chi connectivity index (χ2v) is 12.5. The van der Waals surface area contributed by atoms with Gasteiger partial charge >= 0.3 is 11.9 Å². The third-order valence-corrected chi connectivity index (χ3v) is 9.26. The summed E-state index contributed by atoms with van der Waals surface area (Å²) in [7, 11) is 1.58. The lowest BCUT2D eigenvalue weighted by atomic mass is 9.93. The van der Waals surface area contributed by atoms with E-state index in [4.69, 9.17) is 24.3 Å². The fourth-order valence-corrected chi connectivity index (χ4v) is 6.83. The highest BCUT2D eigenvalue weighted by molar-refractivity contribution is 9.10. The quantitative estimate of drug-likeness (QED) is 0.176. The van der Waals surface area contributed by atoms with E-state index in [0.29, 0.717) is 36.6 Å². The number of esters is 1. The maximum atomic E-state index is 14.2. The number of rotatable bonds is 10. The third-order valence-electron chi connectivity index (χ3n) is 7.65. The Morgan fingerprint density at radius 3 is 2.38 bits per heavy atom. The smallest absolute Gasteiger partial charge is 0.338 e. The van der Waals surface area contributed by atoms with E-state index in [0.717, 1.165) is 16.7 Å². The molecule has 1 N–H and O–H groups in total. The highest BCUT2D eigenvalue weighted by Gasteiger charge is 2.35. The molecule has 0 bridgehead atoms. The summed E-state index contributed by atoms with van der Waals surface area (Å²) < 4.78 is 19.5. The molecule has 0 unspecified atom stereocenters. The van der Waals surface area contributed by atoms with Crippen LogP contribution in [0.2, 0.25) is 0 Å². The van der Waals surface area contributed by atoms with Crippen LogP contribution in [0.25, 0.3) is 11.8 Å². The van der Waals surface area contributed by atoms with Crippen LogP contribution in [0.15, 0.2) is 117 Å². The number of methoxy groups -OCH3 is 1. The van der Waals surface area contributed by atoms with Crippen molar-refractivity contribution in [3.05, 3.63) is 155 Å². The number of ether oxygens (including phenoxy) is 3. The number of carbonyl (C=O) groups is 2. The zero-order valence-corrected chi connectivity index (χ0v) is 28.3. The molecular formula is C37H29BrN2O7S. The van der Waals surface area contributed by atoms with Gasteiger partial charge in [-0.15, -0.1) is 0 Å². The Morgan fingerprint density at radius 1 is 1.00 bits per heavy atom. The first kappa shape index (κ1) is 32.7. The number of fused-ring (bicyclic) bond motifs is 1. The first-order valence-corrected chi connectivity index (χ1v) is 16.6. The molecule has 2 heterocycles. The summed E-state index contributed by atoms with van der Waals surface area (Å²) in [6, 6.07) is 27.8. The van der Waals surface area contributed by atoms with Crippen molar-refractivity contribution < 1.29 is 28.9 Å². The molecule has 0 spiro atoms. The van der Waals surface area contributed by atoms with Crippen LogP contribution < -0.4 is 24.4 Å². The Bertz CT molecular complexity index is 2210. The average Bonchev–Trinajstić information content (AvgIpc) is 3.41. The van der Waals surface area contributed by atoms with Gasteiger partial charge in [0.1, 0.15) is 18.1 Å². The van der Waals surface area contributed by atoms with Crippen LogP contribution in [0.3, 0.4) is 0 Å². The van der Waals surface area contributed by atoms with Gasteiger partial charge in [-0.25, -0.2) is 14.6 Å². The number of aromatic nitrogens is 1. The third kappa shape index (κ3) is 6.73. The maximum absolute atomic E-state index is 14.2. The number of aromatic carboxylic acids is 1. The molecule has 5 aromatic rings. The van der Waals surface area contributed by atoms with Crippen molar-refractivity contribution in [2.45, 2.75) is 19.6 Å². The van der Waals surface area contributed by atoms with Crippen LogP contribution in [-0.2, 0) is 16.1 Å². The molecule has 0 radical (unpaired) electrons.